The van der Waals surface area contributed by atoms with E-state index in [1.807, 2.05) is 18.2 Å². The molecule has 0 aromatic heterocycles. The van der Waals surface area contributed by atoms with Crippen LogP contribution < -0.4 is 20.1 Å². The topological polar surface area (TPSA) is 59.6 Å². The van der Waals surface area contributed by atoms with Crippen molar-refractivity contribution in [1.82, 2.24) is 10.6 Å². The molecule has 236 valence electrons. The molecule has 1 amide bonds. The number of carbonyl (C=O) groups excluding carboxylic acids is 1. The Morgan fingerprint density at radius 2 is 1.59 bits per heavy atom. The maximum atomic E-state index is 12.7. The highest BCUT2D eigenvalue weighted by Gasteiger charge is 2.34. The summed E-state index contributed by atoms with van der Waals surface area (Å²) in [6.07, 6.45) is -3.73. The molecule has 2 unspecified atom stereocenters. The lowest BCUT2D eigenvalue weighted by atomic mass is 10.0. The van der Waals surface area contributed by atoms with E-state index in [0.29, 0.717) is 23.5 Å². The number of hydrogen-bond acceptors (Lipinski definition) is 4. The SMILES string of the molecule is C=C(C)C(F)(F)F.CCC.COc1ccc(C(C)N[C@@H]2CC[C@H](C(=O)NC/C(C)=C/C(C)C(F)(F)F)C2)cc1OC. The van der Waals surface area contributed by atoms with Crippen LogP contribution in [0.5, 0.6) is 11.5 Å². The summed E-state index contributed by atoms with van der Waals surface area (Å²) in [6.45, 7) is 12.8. The number of nitrogens with one attached hydrogen (secondary N) is 2. The normalized spacial score (nSPS) is 18.6. The predicted molar refractivity (Wildman–Crippen MR) is 151 cm³/mol. The molecule has 1 aliphatic carbocycles. The summed E-state index contributed by atoms with van der Waals surface area (Å²) >= 11 is 0. The van der Waals surface area contributed by atoms with Crippen LogP contribution >= 0.6 is 0 Å². The van der Waals surface area contributed by atoms with Crippen molar-refractivity contribution in [2.24, 2.45) is 11.8 Å². The Bertz CT molecular complexity index is 976. The molecule has 5 nitrogen and oxygen atoms in total. The van der Waals surface area contributed by atoms with Crippen LogP contribution in [0.15, 0.2) is 42.0 Å². The summed E-state index contributed by atoms with van der Waals surface area (Å²) in [5.41, 5.74) is 0.811. The number of halogens is 6. The Labute approximate surface area is 240 Å². The first-order valence-electron chi connectivity index (χ1n) is 13.6. The maximum Gasteiger partial charge on any atom is 0.411 e. The molecule has 0 saturated heterocycles. The Morgan fingerprint density at radius 3 is 2.05 bits per heavy atom. The maximum absolute atomic E-state index is 12.7. The first-order valence-corrected chi connectivity index (χ1v) is 13.6. The molecule has 1 aliphatic rings. The number of benzene rings is 1. The van der Waals surface area contributed by atoms with Gasteiger partial charge in [0.25, 0.3) is 0 Å². The number of amides is 1. The number of allylic oxidation sites excluding steroid dienone is 2. The van der Waals surface area contributed by atoms with Crippen LogP contribution in [0, 0.1) is 11.8 Å². The van der Waals surface area contributed by atoms with E-state index in [1.54, 1.807) is 21.1 Å². The standard InChI is InChI=1S/C23H33F3N2O3.C4H5F3.C3H8/c1-14(10-15(2)23(24,25)26)13-27-22(29)18-6-8-19(11-18)28-16(3)17-7-9-20(30-4)21(12-17)31-5;1-3(2)4(5,6)7;1-3-2/h7,9-10,12,15-16,18-19,28H,6,8,11,13H2,1-5H3,(H,27,29);1H2,2H3;3H2,1-2H3/b14-10+;;/t15?,16?,18-,19+;;/m0../s1. The van der Waals surface area contributed by atoms with Gasteiger partial charge in [-0.25, -0.2) is 0 Å². The molecule has 1 aromatic carbocycles. The zero-order valence-electron chi connectivity index (χ0n) is 25.4. The second kappa shape index (κ2) is 18.0. The third-order valence-corrected chi connectivity index (χ3v) is 6.27. The summed E-state index contributed by atoms with van der Waals surface area (Å²) in [5.74, 6) is -0.424. The van der Waals surface area contributed by atoms with Gasteiger partial charge in [-0.05, 0) is 57.7 Å². The van der Waals surface area contributed by atoms with Crippen molar-refractivity contribution in [3.05, 3.63) is 47.6 Å². The van der Waals surface area contributed by atoms with Crippen molar-refractivity contribution >= 4 is 5.91 Å². The van der Waals surface area contributed by atoms with Gasteiger partial charge in [-0.2, -0.15) is 26.3 Å². The first-order chi connectivity index (χ1) is 18.9. The molecule has 11 heteroatoms. The molecule has 1 saturated carbocycles. The second-order valence-corrected chi connectivity index (χ2v) is 10.3. The fraction of sp³-hybridized carbons (Fsp3) is 0.633. The minimum Gasteiger partial charge on any atom is -0.493 e. The van der Waals surface area contributed by atoms with Gasteiger partial charge in [-0.1, -0.05) is 51.5 Å². The number of hydrogen-bond donors (Lipinski definition) is 2. The van der Waals surface area contributed by atoms with Crippen LogP contribution in [0.2, 0.25) is 0 Å². The van der Waals surface area contributed by atoms with E-state index < -0.39 is 23.8 Å². The Hall–Kier alpha value is -2.69. The molecule has 0 bridgehead atoms. The molecule has 2 N–H and O–H groups in total. The quantitative estimate of drug-likeness (QED) is 0.222. The van der Waals surface area contributed by atoms with E-state index >= 15 is 0 Å². The van der Waals surface area contributed by atoms with Crippen molar-refractivity contribution in [2.45, 2.75) is 91.7 Å². The Kier molecular flexibility index (Phi) is 16.8. The average molecular weight is 597 g/mol. The molecular formula is C30H46F6N2O3. The van der Waals surface area contributed by atoms with Crippen LogP contribution in [0.25, 0.3) is 0 Å². The van der Waals surface area contributed by atoms with Gasteiger partial charge in [-0.15, -0.1) is 0 Å². The minimum absolute atomic E-state index is 0.0700. The summed E-state index contributed by atoms with van der Waals surface area (Å²) < 4.78 is 81.8. The van der Waals surface area contributed by atoms with E-state index in [2.05, 4.69) is 38.0 Å². The van der Waals surface area contributed by atoms with Crippen LogP contribution in [0.4, 0.5) is 26.3 Å². The average Bonchev–Trinajstić information content (AvgIpc) is 3.35. The lowest BCUT2D eigenvalue weighted by Gasteiger charge is -2.21. The van der Waals surface area contributed by atoms with Crippen molar-refractivity contribution < 1.29 is 40.6 Å². The molecule has 4 atom stereocenters. The van der Waals surface area contributed by atoms with Gasteiger partial charge in [0.15, 0.2) is 11.5 Å². The van der Waals surface area contributed by atoms with Crippen molar-refractivity contribution in [1.29, 1.82) is 0 Å². The van der Waals surface area contributed by atoms with Gasteiger partial charge in [0.1, 0.15) is 0 Å². The van der Waals surface area contributed by atoms with E-state index in [0.717, 1.165) is 38.3 Å². The zero-order chi connectivity index (χ0) is 32.0. The van der Waals surface area contributed by atoms with Crippen LogP contribution in [-0.4, -0.2) is 45.1 Å². The Morgan fingerprint density at radius 1 is 1.05 bits per heavy atom. The molecule has 1 aromatic rings. The fourth-order valence-electron chi connectivity index (χ4n) is 3.89. The van der Waals surface area contributed by atoms with Crippen molar-refractivity contribution in [2.75, 3.05) is 20.8 Å². The number of carbonyl (C=O) groups is 1. The van der Waals surface area contributed by atoms with E-state index in [1.165, 1.54) is 6.42 Å². The molecule has 1 fully saturated rings. The highest BCUT2D eigenvalue weighted by Crippen LogP contribution is 2.32. The highest BCUT2D eigenvalue weighted by molar-refractivity contribution is 5.79. The zero-order valence-corrected chi connectivity index (χ0v) is 25.4. The van der Waals surface area contributed by atoms with Crippen LogP contribution in [0.1, 0.15) is 78.8 Å². The van der Waals surface area contributed by atoms with Gasteiger partial charge < -0.3 is 20.1 Å². The summed E-state index contributed by atoms with van der Waals surface area (Å²) in [5, 5.41) is 6.35. The van der Waals surface area contributed by atoms with E-state index in [-0.39, 0.29) is 30.5 Å². The molecule has 0 heterocycles. The molecular weight excluding hydrogens is 550 g/mol. The van der Waals surface area contributed by atoms with Gasteiger partial charge in [-0.3, -0.25) is 4.79 Å². The lowest BCUT2D eigenvalue weighted by Crippen LogP contribution is -2.33. The minimum atomic E-state index is -4.26. The highest BCUT2D eigenvalue weighted by atomic mass is 19.4. The smallest absolute Gasteiger partial charge is 0.411 e. The fourth-order valence-corrected chi connectivity index (χ4v) is 3.89. The number of rotatable bonds is 9. The summed E-state index contributed by atoms with van der Waals surface area (Å²) in [6, 6.07) is 6.05. The molecule has 0 radical (unpaired) electrons. The van der Waals surface area contributed by atoms with Crippen molar-refractivity contribution in [3.8, 4) is 11.5 Å². The molecule has 0 spiro atoms. The monoisotopic (exact) mass is 596 g/mol. The first kappa shape index (κ1) is 38.3. The van der Waals surface area contributed by atoms with Gasteiger partial charge in [0, 0.05) is 30.1 Å². The summed E-state index contributed by atoms with van der Waals surface area (Å²) in [7, 11) is 3.19. The number of methoxy groups -OCH3 is 2. The van der Waals surface area contributed by atoms with Crippen molar-refractivity contribution in [3.63, 3.8) is 0 Å². The molecule has 2 rings (SSSR count). The molecule has 41 heavy (non-hydrogen) atoms. The second-order valence-electron chi connectivity index (χ2n) is 10.3. The Balaban J connectivity index is 0.00000137. The van der Waals surface area contributed by atoms with E-state index in [9.17, 15) is 31.1 Å². The number of alkyl halides is 6. The third kappa shape index (κ3) is 14.7. The summed E-state index contributed by atoms with van der Waals surface area (Å²) in [4.78, 5) is 12.5. The lowest BCUT2D eigenvalue weighted by molar-refractivity contribution is -0.156. The van der Waals surface area contributed by atoms with Gasteiger partial charge >= 0.3 is 12.4 Å². The van der Waals surface area contributed by atoms with Crippen LogP contribution in [-0.2, 0) is 4.79 Å². The largest absolute Gasteiger partial charge is 0.493 e. The predicted octanol–water partition coefficient (Wildman–Crippen LogP) is 8.33. The molecule has 0 aliphatic heterocycles. The van der Waals surface area contributed by atoms with E-state index in [4.69, 9.17) is 9.47 Å². The van der Waals surface area contributed by atoms with Gasteiger partial charge in [0.2, 0.25) is 5.91 Å². The third-order valence-electron chi connectivity index (χ3n) is 6.27. The number of ether oxygens (including phenoxy) is 2. The van der Waals surface area contributed by atoms with Gasteiger partial charge in [0.05, 0.1) is 20.1 Å². The van der Waals surface area contributed by atoms with Crippen LogP contribution in [0.3, 0.4) is 0 Å².